The van der Waals surface area contributed by atoms with Gasteiger partial charge < -0.3 is 10.1 Å². The number of carbonyl (C=O) groups excluding carboxylic acids is 2. The van der Waals surface area contributed by atoms with Crippen molar-refractivity contribution in [3.8, 4) is 11.1 Å². The van der Waals surface area contributed by atoms with Crippen LogP contribution in [0.4, 0.5) is 5.00 Å². The number of nitrogens with one attached hydrogen (secondary N) is 1. The SMILES string of the molecule is COC(=O)c1c(-c2ccc3c(c2)CCCC3)csc1NC(=O)CSc1ccc(C)cc1. The average molecular weight is 452 g/mol. The van der Waals surface area contributed by atoms with Crippen molar-refractivity contribution in [1.29, 1.82) is 0 Å². The first-order valence-electron chi connectivity index (χ1n) is 10.4. The Morgan fingerprint density at radius 2 is 1.81 bits per heavy atom. The van der Waals surface area contributed by atoms with E-state index in [0.29, 0.717) is 10.6 Å². The van der Waals surface area contributed by atoms with Gasteiger partial charge >= 0.3 is 5.97 Å². The van der Waals surface area contributed by atoms with Crippen LogP contribution in [0.15, 0.2) is 52.7 Å². The highest BCUT2D eigenvalue weighted by Crippen LogP contribution is 2.38. The fraction of sp³-hybridized carbons (Fsp3) is 0.280. The molecule has 3 aromatic rings. The summed E-state index contributed by atoms with van der Waals surface area (Å²) in [6, 6.07) is 14.5. The highest BCUT2D eigenvalue weighted by atomic mass is 32.2. The van der Waals surface area contributed by atoms with Crippen molar-refractivity contribution >= 4 is 40.0 Å². The third kappa shape index (κ3) is 5.02. The maximum absolute atomic E-state index is 12.6. The number of benzene rings is 2. The smallest absolute Gasteiger partial charge is 0.341 e. The molecule has 160 valence electrons. The van der Waals surface area contributed by atoms with Gasteiger partial charge in [-0.1, -0.05) is 35.9 Å². The summed E-state index contributed by atoms with van der Waals surface area (Å²) >= 11 is 2.83. The van der Waals surface area contributed by atoms with Crippen LogP contribution in [0.25, 0.3) is 11.1 Å². The van der Waals surface area contributed by atoms with E-state index >= 15 is 0 Å². The Morgan fingerprint density at radius 3 is 2.55 bits per heavy atom. The van der Waals surface area contributed by atoms with Gasteiger partial charge in [0.25, 0.3) is 0 Å². The van der Waals surface area contributed by atoms with Gasteiger partial charge in [0.15, 0.2) is 0 Å². The fourth-order valence-electron chi connectivity index (χ4n) is 3.81. The number of ether oxygens (including phenoxy) is 1. The van der Waals surface area contributed by atoms with E-state index < -0.39 is 5.97 Å². The second kappa shape index (κ2) is 9.71. The van der Waals surface area contributed by atoms with Gasteiger partial charge in [-0.15, -0.1) is 23.1 Å². The number of amides is 1. The third-order valence-electron chi connectivity index (χ3n) is 5.48. The minimum atomic E-state index is -0.435. The summed E-state index contributed by atoms with van der Waals surface area (Å²) in [7, 11) is 1.37. The molecule has 0 bridgehead atoms. The van der Waals surface area contributed by atoms with Crippen LogP contribution in [0.3, 0.4) is 0 Å². The first-order chi connectivity index (χ1) is 15.0. The molecular weight excluding hydrogens is 426 g/mol. The lowest BCUT2D eigenvalue weighted by molar-refractivity contribution is -0.113. The molecule has 0 fully saturated rings. The number of thiophene rings is 1. The summed E-state index contributed by atoms with van der Waals surface area (Å²) in [6.07, 6.45) is 4.61. The van der Waals surface area contributed by atoms with Crippen molar-refractivity contribution in [2.24, 2.45) is 0 Å². The summed E-state index contributed by atoms with van der Waals surface area (Å²) < 4.78 is 5.04. The van der Waals surface area contributed by atoms with Gasteiger partial charge in [0.1, 0.15) is 10.6 Å². The van der Waals surface area contributed by atoms with Gasteiger partial charge in [0.05, 0.1) is 12.9 Å². The lowest BCUT2D eigenvalue weighted by atomic mass is 9.89. The van der Waals surface area contributed by atoms with Gasteiger partial charge in [-0.2, -0.15) is 0 Å². The number of hydrogen-bond acceptors (Lipinski definition) is 5. The summed E-state index contributed by atoms with van der Waals surface area (Å²) in [5.74, 6) is -0.305. The Labute approximate surface area is 191 Å². The molecule has 1 amide bonds. The van der Waals surface area contributed by atoms with Crippen molar-refractivity contribution in [2.45, 2.75) is 37.5 Å². The number of fused-ring (bicyclic) bond motifs is 1. The molecule has 1 N–H and O–H groups in total. The molecule has 1 aliphatic rings. The number of esters is 1. The zero-order valence-electron chi connectivity index (χ0n) is 17.7. The summed E-state index contributed by atoms with van der Waals surface area (Å²) in [5, 5.41) is 5.38. The monoisotopic (exact) mass is 451 g/mol. The van der Waals surface area contributed by atoms with E-state index in [-0.39, 0.29) is 11.7 Å². The predicted octanol–water partition coefficient (Wildman–Crippen LogP) is 6.12. The first-order valence-corrected chi connectivity index (χ1v) is 12.2. The number of aryl methyl sites for hydroxylation is 3. The van der Waals surface area contributed by atoms with Gasteiger partial charge in [-0.05, 0) is 61.4 Å². The fourth-order valence-corrected chi connectivity index (χ4v) is 5.49. The standard InChI is InChI=1S/C25H25NO3S2/c1-16-7-11-20(12-8-16)30-15-22(27)26-24-23(25(28)29-2)21(14-31-24)19-10-9-17-5-3-4-6-18(17)13-19/h7-14H,3-6,15H2,1-2H3,(H,26,27). The second-order valence-corrected chi connectivity index (χ2v) is 9.61. The molecule has 1 heterocycles. The van der Waals surface area contributed by atoms with E-state index in [4.69, 9.17) is 4.74 Å². The number of hydrogen-bond donors (Lipinski definition) is 1. The molecule has 0 saturated carbocycles. The number of carbonyl (C=O) groups is 2. The first kappa shape index (κ1) is 21.7. The molecule has 4 rings (SSSR count). The zero-order chi connectivity index (χ0) is 21.8. The van der Waals surface area contributed by atoms with E-state index in [1.807, 2.05) is 36.6 Å². The van der Waals surface area contributed by atoms with E-state index in [9.17, 15) is 9.59 Å². The van der Waals surface area contributed by atoms with Gasteiger partial charge in [-0.3, -0.25) is 4.79 Å². The van der Waals surface area contributed by atoms with E-state index in [1.54, 1.807) is 0 Å². The van der Waals surface area contributed by atoms with E-state index in [2.05, 4.69) is 23.5 Å². The van der Waals surface area contributed by atoms with Crippen molar-refractivity contribution in [3.63, 3.8) is 0 Å². The number of methoxy groups -OCH3 is 1. The van der Waals surface area contributed by atoms with Crippen molar-refractivity contribution in [1.82, 2.24) is 0 Å². The molecule has 0 spiro atoms. The molecule has 1 aliphatic carbocycles. The summed E-state index contributed by atoms with van der Waals surface area (Å²) in [4.78, 5) is 26.2. The second-order valence-electron chi connectivity index (χ2n) is 7.69. The van der Waals surface area contributed by atoms with Crippen LogP contribution in [0.5, 0.6) is 0 Å². The molecule has 4 nitrogen and oxygen atoms in total. The third-order valence-corrected chi connectivity index (χ3v) is 7.39. The van der Waals surface area contributed by atoms with Crippen molar-refractivity contribution in [3.05, 3.63) is 70.1 Å². The van der Waals surface area contributed by atoms with Gasteiger partial charge in [-0.25, -0.2) is 4.79 Å². The maximum Gasteiger partial charge on any atom is 0.341 e. The Morgan fingerprint density at radius 1 is 1.06 bits per heavy atom. The molecule has 6 heteroatoms. The quantitative estimate of drug-likeness (QED) is 0.362. The van der Waals surface area contributed by atoms with Crippen LogP contribution in [-0.4, -0.2) is 24.7 Å². The molecule has 0 radical (unpaired) electrons. The summed E-state index contributed by atoms with van der Waals surface area (Å²) in [6.45, 7) is 2.03. The zero-order valence-corrected chi connectivity index (χ0v) is 19.3. The number of thioether (sulfide) groups is 1. The normalized spacial score (nSPS) is 12.8. The molecule has 0 saturated heterocycles. The predicted molar refractivity (Wildman–Crippen MR) is 128 cm³/mol. The Kier molecular flexibility index (Phi) is 6.78. The molecular formula is C25H25NO3S2. The molecule has 0 atom stereocenters. The number of anilines is 1. The molecule has 31 heavy (non-hydrogen) atoms. The minimum absolute atomic E-state index is 0.144. The van der Waals surface area contributed by atoms with Gasteiger partial charge in [0, 0.05) is 15.8 Å². The molecule has 1 aromatic heterocycles. The van der Waals surface area contributed by atoms with Gasteiger partial charge in [0.2, 0.25) is 5.91 Å². The maximum atomic E-state index is 12.6. The lowest BCUT2D eigenvalue weighted by Gasteiger charge is -2.16. The molecule has 0 aliphatic heterocycles. The van der Waals surface area contributed by atoms with Crippen LogP contribution in [-0.2, 0) is 22.4 Å². The van der Waals surface area contributed by atoms with Crippen molar-refractivity contribution < 1.29 is 14.3 Å². The van der Waals surface area contributed by atoms with Crippen LogP contribution >= 0.6 is 23.1 Å². The van der Waals surface area contributed by atoms with Crippen LogP contribution < -0.4 is 5.32 Å². The van der Waals surface area contributed by atoms with Crippen LogP contribution in [0.2, 0.25) is 0 Å². The van der Waals surface area contributed by atoms with Crippen LogP contribution in [0, 0.1) is 6.92 Å². The molecule has 0 unspecified atom stereocenters. The highest BCUT2D eigenvalue weighted by Gasteiger charge is 2.23. The summed E-state index contributed by atoms with van der Waals surface area (Å²) in [5.41, 5.74) is 6.16. The van der Waals surface area contributed by atoms with Crippen molar-refractivity contribution in [2.75, 3.05) is 18.2 Å². The Hall–Kier alpha value is -2.57. The topological polar surface area (TPSA) is 55.4 Å². The largest absolute Gasteiger partial charge is 0.465 e. The lowest BCUT2D eigenvalue weighted by Crippen LogP contribution is -2.16. The Bertz CT molecular complexity index is 1100. The number of rotatable bonds is 6. The van der Waals surface area contributed by atoms with E-state index in [1.165, 1.54) is 59.7 Å². The average Bonchev–Trinajstić information content (AvgIpc) is 3.21. The minimum Gasteiger partial charge on any atom is -0.465 e. The highest BCUT2D eigenvalue weighted by molar-refractivity contribution is 8.00. The Balaban J connectivity index is 1.54. The van der Waals surface area contributed by atoms with Crippen LogP contribution in [0.1, 0.15) is 39.9 Å². The van der Waals surface area contributed by atoms with E-state index in [0.717, 1.165) is 28.9 Å². The molecule has 2 aromatic carbocycles.